The van der Waals surface area contributed by atoms with Gasteiger partial charge in [0.2, 0.25) is 0 Å². The van der Waals surface area contributed by atoms with E-state index in [1.165, 1.54) is 11.0 Å². The number of rotatable bonds is 6. The molecule has 0 aliphatic rings. The molecule has 0 aliphatic heterocycles. The molecule has 0 radical (unpaired) electrons. The second-order valence-electron chi connectivity index (χ2n) is 5.41. The molecule has 24 heavy (non-hydrogen) atoms. The summed E-state index contributed by atoms with van der Waals surface area (Å²) in [6.45, 7) is 5.80. The molecule has 0 N–H and O–H groups in total. The predicted octanol–water partition coefficient (Wildman–Crippen LogP) is 2.60. The van der Waals surface area contributed by atoms with Crippen molar-refractivity contribution in [1.29, 1.82) is 0 Å². The molecule has 1 aromatic heterocycles. The monoisotopic (exact) mass is 331 g/mol. The number of amides is 1. The van der Waals surface area contributed by atoms with Crippen molar-refractivity contribution >= 4 is 22.6 Å². The first kappa shape index (κ1) is 17.7. The van der Waals surface area contributed by atoms with E-state index in [2.05, 4.69) is 0 Å². The molecule has 1 aromatic carbocycles. The number of ether oxygens (including phenoxy) is 1. The molecule has 0 bridgehead atoms. The van der Waals surface area contributed by atoms with Gasteiger partial charge < -0.3 is 14.1 Å². The maximum Gasteiger partial charge on any atom is 0.344 e. The Labute approximate surface area is 140 Å². The van der Waals surface area contributed by atoms with Gasteiger partial charge in [-0.15, -0.1) is 0 Å². The summed E-state index contributed by atoms with van der Waals surface area (Å²) in [4.78, 5) is 38.2. The molecule has 0 spiro atoms. The van der Waals surface area contributed by atoms with E-state index in [4.69, 9.17) is 9.15 Å². The summed E-state index contributed by atoms with van der Waals surface area (Å²) in [6, 6.07) is 7.66. The molecule has 2 rings (SSSR count). The summed E-state index contributed by atoms with van der Waals surface area (Å²) in [6.07, 6.45) is 0.660. The highest BCUT2D eigenvalue weighted by Gasteiger charge is 2.29. The Morgan fingerprint density at radius 1 is 1.25 bits per heavy atom. The van der Waals surface area contributed by atoms with E-state index in [0.29, 0.717) is 23.7 Å². The molecule has 0 saturated heterocycles. The number of hydrogen-bond acceptors (Lipinski definition) is 5. The minimum Gasteiger partial charge on any atom is -0.464 e. The summed E-state index contributed by atoms with van der Waals surface area (Å²) in [5.41, 5.74) is -0.573. The zero-order valence-corrected chi connectivity index (χ0v) is 14.1. The Hall–Kier alpha value is -2.63. The van der Waals surface area contributed by atoms with Gasteiger partial charge in [0.05, 0.1) is 12.0 Å². The van der Waals surface area contributed by atoms with E-state index in [1.807, 2.05) is 6.92 Å². The third-order valence-electron chi connectivity index (χ3n) is 3.70. The Kier molecular flexibility index (Phi) is 5.73. The number of esters is 1. The molecule has 0 aliphatic carbocycles. The van der Waals surface area contributed by atoms with Crippen LogP contribution < -0.4 is 5.63 Å². The largest absolute Gasteiger partial charge is 0.464 e. The third kappa shape index (κ3) is 3.64. The van der Waals surface area contributed by atoms with Gasteiger partial charge in [0, 0.05) is 6.54 Å². The minimum atomic E-state index is -0.755. The fraction of sp³-hybridized carbons (Fsp3) is 0.389. The van der Waals surface area contributed by atoms with Gasteiger partial charge >= 0.3 is 11.6 Å². The molecule has 6 nitrogen and oxygen atoms in total. The summed E-state index contributed by atoms with van der Waals surface area (Å²) in [5, 5.41) is 1.03. The van der Waals surface area contributed by atoms with Crippen LogP contribution in [0.2, 0.25) is 0 Å². The summed E-state index contributed by atoms with van der Waals surface area (Å²) < 4.78 is 10.2. The average molecular weight is 331 g/mol. The first-order valence-electron chi connectivity index (χ1n) is 8.00. The number of nitrogens with zero attached hydrogens (tertiary/aromatic N) is 1. The van der Waals surface area contributed by atoms with E-state index in [9.17, 15) is 14.4 Å². The van der Waals surface area contributed by atoms with E-state index in [-0.39, 0.29) is 12.4 Å². The quantitative estimate of drug-likeness (QED) is 0.760. The number of carbonyl (C=O) groups excluding carboxylic acids is 2. The van der Waals surface area contributed by atoms with Crippen molar-refractivity contribution in [2.24, 2.45) is 0 Å². The third-order valence-corrected chi connectivity index (χ3v) is 3.70. The minimum absolute atomic E-state index is 0.0803. The Morgan fingerprint density at radius 3 is 2.62 bits per heavy atom. The number of hydrogen-bond donors (Lipinski definition) is 0. The van der Waals surface area contributed by atoms with Crippen molar-refractivity contribution in [3.8, 4) is 0 Å². The van der Waals surface area contributed by atoms with Crippen LogP contribution in [0.1, 0.15) is 37.7 Å². The smallest absolute Gasteiger partial charge is 0.344 e. The lowest BCUT2D eigenvalue weighted by Gasteiger charge is -2.26. The molecular formula is C18H21NO5. The molecular weight excluding hydrogens is 310 g/mol. The standard InChI is InChI=1S/C18H21NO5/c1-4-10-19(12(3)17(21)23-5-2)16(20)15-11-13-8-6-7-9-14(13)18(22)24-15/h6-9,11-12H,4-5,10H2,1-3H3/t12-/m0/s1. The van der Waals surface area contributed by atoms with E-state index >= 15 is 0 Å². The topological polar surface area (TPSA) is 76.8 Å². The maximum atomic E-state index is 12.8. The lowest BCUT2D eigenvalue weighted by Crippen LogP contribution is -2.44. The van der Waals surface area contributed by atoms with Crippen LogP contribution in [-0.2, 0) is 9.53 Å². The Bertz CT molecular complexity index is 795. The summed E-state index contributed by atoms with van der Waals surface area (Å²) in [5.74, 6) is -1.06. The van der Waals surface area contributed by atoms with Crippen molar-refractivity contribution < 1.29 is 18.7 Å². The molecule has 1 heterocycles. The second-order valence-corrected chi connectivity index (χ2v) is 5.41. The highest BCUT2D eigenvalue weighted by atomic mass is 16.5. The highest BCUT2D eigenvalue weighted by Crippen LogP contribution is 2.15. The van der Waals surface area contributed by atoms with Gasteiger partial charge in [-0.2, -0.15) is 0 Å². The second kappa shape index (κ2) is 7.77. The fourth-order valence-electron chi connectivity index (χ4n) is 2.48. The maximum absolute atomic E-state index is 12.8. The van der Waals surface area contributed by atoms with Crippen LogP contribution in [0.25, 0.3) is 10.8 Å². The lowest BCUT2D eigenvalue weighted by molar-refractivity contribution is -0.148. The van der Waals surface area contributed by atoms with E-state index < -0.39 is 23.5 Å². The molecule has 6 heteroatoms. The molecule has 1 amide bonds. The van der Waals surface area contributed by atoms with Crippen molar-refractivity contribution in [1.82, 2.24) is 4.90 Å². The Morgan fingerprint density at radius 2 is 1.96 bits per heavy atom. The van der Waals surface area contributed by atoms with Crippen LogP contribution in [0.4, 0.5) is 0 Å². The first-order chi connectivity index (χ1) is 11.5. The van der Waals surface area contributed by atoms with Crippen molar-refractivity contribution in [2.75, 3.05) is 13.2 Å². The normalized spacial score (nSPS) is 12.0. The van der Waals surface area contributed by atoms with Crippen LogP contribution in [-0.4, -0.2) is 36.0 Å². The predicted molar refractivity (Wildman–Crippen MR) is 89.9 cm³/mol. The van der Waals surface area contributed by atoms with Crippen LogP contribution in [0.15, 0.2) is 39.5 Å². The molecule has 0 saturated carbocycles. The molecule has 128 valence electrons. The van der Waals surface area contributed by atoms with Crippen molar-refractivity contribution in [3.63, 3.8) is 0 Å². The summed E-state index contributed by atoms with van der Waals surface area (Å²) >= 11 is 0. The van der Waals surface area contributed by atoms with E-state index in [1.54, 1.807) is 38.1 Å². The van der Waals surface area contributed by atoms with Gasteiger partial charge in [0.1, 0.15) is 6.04 Å². The van der Waals surface area contributed by atoms with Crippen molar-refractivity contribution in [3.05, 3.63) is 46.5 Å². The SMILES string of the molecule is CCCN(C(=O)c1cc2ccccc2c(=O)o1)[C@@H](C)C(=O)OCC. The zero-order valence-electron chi connectivity index (χ0n) is 14.1. The average Bonchev–Trinajstić information content (AvgIpc) is 2.58. The van der Waals surface area contributed by atoms with Crippen LogP contribution in [0.5, 0.6) is 0 Å². The zero-order chi connectivity index (χ0) is 17.7. The molecule has 0 unspecified atom stereocenters. The van der Waals surface area contributed by atoms with Crippen LogP contribution in [0, 0.1) is 0 Å². The number of fused-ring (bicyclic) bond motifs is 1. The van der Waals surface area contributed by atoms with Gasteiger partial charge in [-0.1, -0.05) is 25.1 Å². The van der Waals surface area contributed by atoms with Gasteiger partial charge in [-0.25, -0.2) is 9.59 Å². The van der Waals surface area contributed by atoms with E-state index in [0.717, 1.165) is 0 Å². The summed E-state index contributed by atoms with van der Waals surface area (Å²) in [7, 11) is 0. The number of benzene rings is 1. The highest BCUT2D eigenvalue weighted by molar-refractivity contribution is 5.97. The van der Waals surface area contributed by atoms with Gasteiger partial charge in [-0.05, 0) is 37.8 Å². The Balaban J connectivity index is 2.39. The molecule has 0 fully saturated rings. The van der Waals surface area contributed by atoms with Gasteiger partial charge in [0.25, 0.3) is 5.91 Å². The van der Waals surface area contributed by atoms with Gasteiger partial charge in [-0.3, -0.25) is 4.79 Å². The van der Waals surface area contributed by atoms with Crippen LogP contribution >= 0.6 is 0 Å². The lowest BCUT2D eigenvalue weighted by atomic mass is 10.1. The van der Waals surface area contributed by atoms with Crippen LogP contribution in [0.3, 0.4) is 0 Å². The van der Waals surface area contributed by atoms with Gasteiger partial charge in [0.15, 0.2) is 5.76 Å². The molecule has 2 aromatic rings. The molecule has 1 atom stereocenters. The number of carbonyl (C=O) groups is 2. The first-order valence-corrected chi connectivity index (χ1v) is 8.00. The van der Waals surface area contributed by atoms with Crippen molar-refractivity contribution in [2.45, 2.75) is 33.2 Å². The fourth-order valence-corrected chi connectivity index (χ4v) is 2.48.